The standard InChI is InChI=1S/C8H11AsOS/c1-9-5-4-7(10)8-3-2-6-11-8/h2-3,6,9H,4-5H2,1H3. The second-order valence-electron chi connectivity index (χ2n) is 2.25. The van der Waals surface area contributed by atoms with E-state index in [1.165, 1.54) is 0 Å². The van der Waals surface area contributed by atoms with Gasteiger partial charge in [-0.05, 0) is 0 Å². The van der Waals surface area contributed by atoms with Crippen molar-refractivity contribution in [3.05, 3.63) is 22.4 Å². The van der Waals surface area contributed by atoms with Crippen molar-refractivity contribution >= 4 is 32.9 Å². The van der Waals surface area contributed by atoms with Gasteiger partial charge in [0.25, 0.3) is 0 Å². The molecular weight excluding hydrogens is 219 g/mol. The van der Waals surface area contributed by atoms with E-state index in [-0.39, 0.29) is 15.8 Å². The van der Waals surface area contributed by atoms with E-state index < -0.39 is 0 Å². The van der Waals surface area contributed by atoms with Crippen LogP contribution >= 0.6 is 11.3 Å². The average Bonchev–Trinajstić information content (AvgIpc) is 2.52. The van der Waals surface area contributed by atoms with Gasteiger partial charge < -0.3 is 0 Å². The maximum atomic E-state index is 11.3. The fourth-order valence-electron chi connectivity index (χ4n) is 0.799. The molecule has 0 radical (unpaired) electrons. The van der Waals surface area contributed by atoms with Crippen molar-refractivity contribution in [2.24, 2.45) is 0 Å². The van der Waals surface area contributed by atoms with Gasteiger partial charge in [-0.3, -0.25) is 0 Å². The van der Waals surface area contributed by atoms with Crippen molar-refractivity contribution in [3.63, 3.8) is 0 Å². The molecule has 1 aromatic heterocycles. The summed E-state index contributed by atoms with van der Waals surface area (Å²) in [5, 5.41) is 3.09. The van der Waals surface area contributed by atoms with Gasteiger partial charge in [-0.1, -0.05) is 0 Å². The molecule has 11 heavy (non-hydrogen) atoms. The second kappa shape index (κ2) is 4.74. The predicted molar refractivity (Wildman–Crippen MR) is 51.1 cm³/mol. The molecule has 1 atom stereocenters. The number of Topliss-reactive ketones (excluding diaryl/α,β-unsaturated/α-hetero) is 1. The molecule has 0 N–H and O–H groups in total. The molecule has 1 heterocycles. The Morgan fingerprint density at radius 2 is 2.55 bits per heavy atom. The third-order valence-electron chi connectivity index (χ3n) is 1.40. The molecular formula is C8H11AsOS. The van der Waals surface area contributed by atoms with Crippen LogP contribution in [0.15, 0.2) is 17.5 Å². The summed E-state index contributed by atoms with van der Waals surface area (Å²) in [7, 11) is 0. The zero-order valence-electron chi connectivity index (χ0n) is 6.46. The van der Waals surface area contributed by atoms with Crippen LogP contribution in [0, 0.1) is 0 Å². The van der Waals surface area contributed by atoms with Crippen molar-refractivity contribution in [2.75, 3.05) is 0 Å². The minimum atomic E-state index is 0.169. The Balaban J connectivity index is 2.43. The molecule has 3 heteroatoms. The first-order valence-electron chi connectivity index (χ1n) is 3.56. The van der Waals surface area contributed by atoms with E-state index >= 15 is 0 Å². The molecule has 0 saturated heterocycles. The van der Waals surface area contributed by atoms with Crippen molar-refractivity contribution < 1.29 is 4.79 Å². The Labute approximate surface area is 77.5 Å². The van der Waals surface area contributed by atoms with Gasteiger partial charge >= 0.3 is 77.4 Å². The molecule has 0 saturated carbocycles. The van der Waals surface area contributed by atoms with Crippen LogP contribution in [0.5, 0.6) is 0 Å². The molecule has 0 aliphatic heterocycles. The van der Waals surface area contributed by atoms with E-state index in [0.29, 0.717) is 5.78 Å². The summed E-state index contributed by atoms with van der Waals surface area (Å²) in [5.74, 6) is 0.325. The Morgan fingerprint density at radius 1 is 1.73 bits per heavy atom. The van der Waals surface area contributed by atoms with Gasteiger partial charge in [-0.15, -0.1) is 0 Å². The summed E-state index contributed by atoms with van der Waals surface area (Å²) in [5.41, 5.74) is 2.22. The molecule has 0 aliphatic rings. The van der Waals surface area contributed by atoms with Crippen LogP contribution in [0.2, 0.25) is 10.9 Å². The quantitative estimate of drug-likeness (QED) is 0.572. The Kier molecular flexibility index (Phi) is 3.88. The van der Waals surface area contributed by atoms with E-state index in [2.05, 4.69) is 5.71 Å². The van der Waals surface area contributed by atoms with E-state index in [0.717, 1.165) is 16.5 Å². The third-order valence-corrected chi connectivity index (χ3v) is 3.88. The van der Waals surface area contributed by atoms with Crippen LogP contribution in [0.1, 0.15) is 16.1 Å². The molecule has 0 bridgehead atoms. The number of hydrogen-bond donors (Lipinski definition) is 0. The Morgan fingerprint density at radius 3 is 3.09 bits per heavy atom. The molecule has 1 rings (SSSR count). The molecule has 0 spiro atoms. The topological polar surface area (TPSA) is 17.1 Å². The molecule has 0 fully saturated rings. The molecule has 1 aromatic rings. The Hall–Kier alpha value is -0.0716. The van der Waals surface area contributed by atoms with E-state index in [1.54, 1.807) is 11.3 Å². The number of hydrogen-bond acceptors (Lipinski definition) is 2. The number of carbonyl (C=O) groups is 1. The fourth-order valence-corrected chi connectivity index (χ4v) is 2.49. The number of thiophene rings is 1. The molecule has 1 nitrogen and oxygen atoms in total. The van der Waals surface area contributed by atoms with E-state index in [9.17, 15) is 4.79 Å². The summed E-state index contributed by atoms with van der Waals surface area (Å²) in [6, 6.07) is 3.84. The van der Waals surface area contributed by atoms with Gasteiger partial charge in [0, 0.05) is 0 Å². The van der Waals surface area contributed by atoms with Gasteiger partial charge in [0.05, 0.1) is 0 Å². The Bertz CT molecular complexity index is 218. The zero-order valence-corrected chi connectivity index (χ0v) is 9.38. The van der Waals surface area contributed by atoms with E-state index in [4.69, 9.17) is 0 Å². The summed E-state index contributed by atoms with van der Waals surface area (Å²) < 4.78 is 0. The summed E-state index contributed by atoms with van der Waals surface area (Å²) in [4.78, 5) is 12.2. The SMILES string of the molecule is C[AsH]CCC(=O)c1cccs1. The number of carbonyl (C=O) groups excluding carboxylic acids is 1. The van der Waals surface area contributed by atoms with E-state index in [1.807, 2.05) is 17.5 Å². The maximum absolute atomic E-state index is 11.3. The van der Waals surface area contributed by atoms with Gasteiger partial charge in [0.15, 0.2) is 0 Å². The predicted octanol–water partition coefficient (Wildman–Crippen LogP) is 2.22. The monoisotopic (exact) mass is 230 g/mol. The van der Waals surface area contributed by atoms with Crippen LogP contribution in [0.3, 0.4) is 0 Å². The molecule has 0 amide bonds. The molecule has 0 aliphatic carbocycles. The van der Waals surface area contributed by atoms with Crippen molar-refractivity contribution in [1.82, 2.24) is 0 Å². The minimum absolute atomic E-state index is 0.169. The van der Waals surface area contributed by atoms with Crippen molar-refractivity contribution in [3.8, 4) is 0 Å². The second-order valence-corrected chi connectivity index (χ2v) is 5.73. The van der Waals surface area contributed by atoms with Gasteiger partial charge in [-0.2, -0.15) is 0 Å². The molecule has 0 aromatic carbocycles. The van der Waals surface area contributed by atoms with Gasteiger partial charge in [-0.25, -0.2) is 0 Å². The van der Waals surface area contributed by atoms with Crippen LogP contribution in [0.25, 0.3) is 0 Å². The first-order chi connectivity index (χ1) is 5.34. The normalized spacial score (nSPS) is 11.0. The molecule has 1 unspecified atom stereocenters. The van der Waals surface area contributed by atoms with Crippen molar-refractivity contribution in [2.45, 2.75) is 17.3 Å². The summed E-state index contributed by atoms with van der Waals surface area (Å²) in [6.45, 7) is 0. The molecule has 60 valence electrons. The first-order valence-corrected chi connectivity index (χ1v) is 8.02. The number of ketones is 1. The third kappa shape index (κ3) is 2.80. The van der Waals surface area contributed by atoms with Crippen LogP contribution in [-0.4, -0.2) is 21.5 Å². The van der Waals surface area contributed by atoms with Crippen LogP contribution in [-0.2, 0) is 0 Å². The van der Waals surface area contributed by atoms with Crippen LogP contribution in [0.4, 0.5) is 0 Å². The van der Waals surface area contributed by atoms with Crippen LogP contribution < -0.4 is 0 Å². The average molecular weight is 230 g/mol. The first kappa shape index (κ1) is 9.02. The fraction of sp³-hybridized carbons (Fsp3) is 0.375. The van der Waals surface area contributed by atoms with Crippen molar-refractivity contribution in [1.29, 1.82) is 0 Å². The van der Waals surface area contributed by atoms with Gasteiger partial charge in [0.1, 0.15) is 0 Å². The van der Waals surface area contributed by atoms with Gasteiger partial charge in [0.2, 0.25) is 0 Å². The summed E-state index contributed by atoms with van der Waals surface area (Å²) in [6.07, 6.45) is 0.761. The number of rotatable bonds is 4. The summed E-state index contributed by atoms with van der Waals surface area (Å²) >= 11 is 1.72. The zero-order chi connectivity index (χ0) is 8.10.